The molecule has 1 amide bonds. The number of halogens is 1. The van der Waals surface area contributed by atoms with Gasteiger partial charge in [0, 0.05) is 19.5 Å². The van der Waals surface area contributed by atoms with Gasteiger partial charge in [-0.15, -0.1) is 0 Å². The van der Waals surface area contributed by atoms with Crippen molar-refractivity contribution in [2.75, 3.05) is 23.7 Å². The highest BCUT2D eigenvalue weighted by molar-refractivity contribution is 7.92. The molecule has 0 aliphatic rings. The number of unbranched alkanes of at least 4 members (excludes halogenated alkanes) is 1. The highest BCUT2D eigenvalue weighted by atomic mass is 32.2. The lowest BCUT2D eigenvalue weighted by molar-refractivity contribution is -0.121. The maximum atomic E-state index is 13.0. The van der Waals surface area contributed by atoms with Crippen LogP contribution in [0.5, 0.6) is 0 Å². The van der Waals surface area contributed by atoms with Gasteiger partial charge in [0.05, 0.1) is 11.9 Å². The van der Waals surface area contributed by atoms with Gasteiger partial charge in [-0.05, 0) is 43.0 Å². The zero-order valence-corrected chi connectivity index (χ0v) is 16.8. The van der Waals surface area contributed by atoms with Crippen LogP contribution in [-0.4, -0.2) is 33.7 Å². The van der Waals surface area contributed by atoms with E-state index in [1.165, 1.54) is 28.6 Å². The third-order valence-electron chi connectivity index (χ3n) is 4.41. The number of nitrogens with one attached hydrogen (secondary N) is 1. The molecule has 0 fully saturated rings. The number of hydrogen-bond acceptors (Lipinski definition) is 3. The smallest absolute Gasteiger partial charge is 0.232 e. The lowest BCUT2D eigenvalue weighted by Gasteiger charge is -2.22. The predicted molar refractivity (Wildman–Crippen MR) is 104 cm³/mol. The number of nitrogens with zero attached hydrogens (tertiary/aromatic N) is 1. The fourth-order valence-electron chi connectivity index (χ4n) is 2.77. The minimum absolute atomic E-state index is 0.0625. The summed E-state index contributed by atoms with van der Waals surface area (Å²) in [6.45, 7) is 5.13. The molecule has 148 valence electrons. The molecular weight excluding hydrogens is 355 g/mol. The van der Waals surface area contributed by atoms with Crippen LogP contribution in [0, 0.1) is 11.7 Å². The Morgan fingerprint density at radius 1 is 1.19 bits per heavy atom. The zero-order chi connectivity index (χ0) is 19.6. The van der Waals surface area contributed by atoms with Gasteiger partial charge in [0.1, 0.15) is 5.82 Å². The summed E-state index contributed by atoms with van der Waals surface area (Å²) in [4.78, 5) is 12.0. The fraction of sp³-hybridized carbons (Fsp3) is 0.632. The van der Waals surface area contributed by atoms with E-state index in [0.29, 0.717) is 24.6 Å². The summed E-state index contributed by atoms with van der Waals surface area (Å²) in [5.74, 6) is 0.00766. The maximum Gasteiger partial charge on any atom is 0.232 e. The molecule has 0 aromatic heterocycles. The second-order valence-electron chi connectivity index (χ2n) is 6.64. The molecular formula is C19H31FN2O3S. The first kappa shape index (κ1) is 22.4. The second-order valence-corrected chi connectivity index (χ2v) is 8.54. The van der Waals surface area contributed by atoms with Crippen molar-refractivity contribution in [1.82, 2.24) is 5.32 Å². The lowest BCUT2D eigenvalue weighted by atomic mass is 9.99. The van der Waals surface area contributed by atoms with Crippen molar-refractivity contribution in [3.05, 3.63) is 30.1 Å². The van der Waals surface area contributed by atoms with Crippen LogP contribution in [0.4, 0.5) is 10.1 Å². The number of hydrogen-bond donors (Lipinski definition) is 1. The van der Waals surface area contributed by atoms with Crippen LogP contribution < -0.4 is 9.62 Å². The average molecular weight is 387 g/mol. The van der Waals surface area contributed by atoms with Gasteiger partial charge in [-0.25, -0.2) is 12.8 Å². The van der Waals surface area contributed by atoms with E-state index in [2.05, 4.69) is 19.2 Å². The minimum Gasteiger partial charge on any atom is -0.356 e. The van der Waals surface area contributed by atoms with Gasteiger partial charge in [0.25, 0.3) is 0 Å². The Bertz CT molecular complexity index is 647. The first-order valence-corrected chi connectivity index (χ1v) is 11.1. The van der Waals surface area contributed by atoms with Crippen molar-refractivity contribution in [2.45, 2.75) is 52.4 Å². The largest absolute Gasteiger partial charge is 0.356 e. The Morgan fingerprint density at radius 2 is 1.85 bits per heavy atom. The quantitative estimate of drug-likeness (QED) is 0.595. The van der Waals surface area contributed by atoms with E-state index < -0.39 is 15.8 Å². The minimum atomic E-state index is -3.49. The molecule has 0 saturated heterocycles. The van der Waals surface area contributed by atoms with Gasteiger partial charge in [-0.2, -0.15) is 0 Å². The number of amides is 1. The van der Waals surface area contributed by atoms with Crippen LogP contribution in [-0.2, 0) is 14.8 Å². The molecule has 1 atom stereocenters. The Morgan fingerprint density at radius 3 is 2.38 bits per heavy atom. The first-order chi connectivity index (χ1) is 12.3. The van der Waals surface area contributed by atoms with Crippen molar-refractivity contribution in [2.24, 2.45) is 5.92 Å². The van der Waals surface area contributed by atoms with Gasteiger partial charge in [-0.1, -0.05) is 33.1 Å². The first-order valence-electron chi connectivity index (χ1n) is 9.27. The summed E-state index contributed by atoms with van der Waals surface area (Å²) in [7, 11) is -3.49. The predicted octanol–water partition coefficient (Wildman–Crippen LogP) is 3.70. The molecule has 0 aliphatic heterocycles. The molecule has 1 aromatic carbocycles. The van der Waals surface area contributed by atoms with E-state index in [0.717, 1.165) is 31.9 Å². The highest BCUT2D eigenvalue weighted by Gasteiger charge is 2.17. The molecule has 0 heterocycles. The zero-order valence-electron chi connectivity index (χ0n) is 16.0. The van der Waals surface area contributed by atoms with Crippen LogP contribution in [0.2, 0.25) is 0 Å². The van der Waals surface area contributed by atoms with Crippen molar-refractivity contribution in [3.63, 3.8) is 0 Å². The van der Waals surface area contributed by atoms with Crippen molar-refractivity contribution < 1.29 is 17.6 Å². The molecule has 0 unspecified atom stereocenters. The number of anilines is 1. The molecule has 0 bridgehead atoms. The second kappa shape index (κ2) is 11.2. The topological polar surface area (TPSA) is 66.5 Å². The fourth-order valence-corrected chi connectivity index (χ4v) is 3.73. The van der Waals surface area contributed by atoms with Crippen LogP contribution in [0.15, 0.2) is 24.3 Å². The summed E-state index contributed by atoms with van der Waals surface area (Å²) < 4.78 is 38.2. The molecule has 26 heavy (non-hydrogen) atoms. The normalized spacial score (nSPS) is 12.6. The van der Waals surface area contributed by atoms with E-state index in [4.69, 9.17) is 0 Å². The van der Waals surface area contributed by atoms with E-state index >= 15 is 0 Å². The Labute approximate surface area is 157 Å². The van der Waals surface area contributed by atoms with Crippen LogP contribution in [0.3, 0.4) is 0 Å². The van der Waals surface area contributed by atoms with Crippen molar-refractivity contribution in [3.8, 4) is 0 Å². The summed E-state index contributed by atoms with van der Waals surface area (Å²) in [6.07, 6.45) is 6.23. The molecule has 1 aromatic rings. The molecule has 5 nitrogen and oxygen atoms in total. The SMILES string of the molecule is CCCC[C@@H](CC)CNC(=O)CCCN(c1ccc(F)cc1)S(C)(=O)=O. The van der Waals surface area contributed by atoms with Gasteiger partial charge in [0.15, 0.2) is 0 Å². The number of carbonyl (C=O) groups is 1. The van der Waals surface area contributed by atoms with E-state index in [9.17, 15) is 17.6 Å². The van der Waals surface area contributed by atoms with Gasteiger partial charge >= 0.3 is 0 Å². The third kappa shape index (κ3) is 8.17. The summed E-state index contributed by atoms with van der Waals surface area (Å²) in [5, 5.41) is 2.95. The molecule has 7 heteroatoms. The van der Waals surface area contributed by atoms with Crippen molar-refractivity contribution in [1.29, 1.82) is 0 Å². The molecule has 0 aliphatic carbocycles. The van der Waals surface area contributed by atoms with Crippen molar-refractivity contribution >= 4 is 21.6 Å². The van der Waals surface area contributed by atoms with Gasteiger partial charge < -0.3 is 5.32 Å². The number of rotatable bonds is 12. The van der Waals surface area contributed by atoms with Gasteiger partial charge in [-0.3, -0.25) is 9.10 Å². The Kier molecular flexibility index (Phi) is 9.62. The average Bonchev–Trinajstić information content (AvgIpc) is 2.59. The number of carbonyl (C=O) groups excluding carboxylic acids is 1. The monoisotopic (exact) mass is 386 g/mol. The molecule has 0 radical (unpaired) electrons. The summed E-state index contributed by atoms with van der Waals surface area (Å²) in [5.41, 5.74) is 0.403. The van der Waals surface area contributed by atoms with Crippen LogP contribution >= 0.6 is 0 Å². The standard InChI is InChI=1S/C19H31FN2O3S/c1-4-6-8-16(5-2)15-21-19(23)9-7-14-22(26(3,24)25)18-12-10-17(20)11-13-18/h10-13,16H,4-9,14-15H2,1-3H3,(H,21,23)/t16-/m1/s1. The Hall–Kier alpha value is -1.63. The molecule has 0 spiro atoms. The third-order valence-corrected chi connectivity index (χ3v) is 5.61. The number of sulfonamides is 1. The van der Waals surface area contributed by atoms with E-state index in [1.54, 1.807) is 0 Å². The van der Waals surface area contributed by atoms with E-state index in [1.807, 2.05) is 0 Å². The van der Waals surface area contributed by atoms with Crippen LogP contribution in [0.25, 0.3) is 0 Å². The highest BCUT2D eigenvalue weighted by Crippen LogP contribution is 2.18. The lowest BCUT2D eigenvalue weighted by Crippen LogP contribution is -2.33. The molecule has 0 saturated carbocycles. The van der Waals surface area contributed by atoms with Gasteiger partial charge in [0.2, 0.25) is 15.9 Å². The Balaban J connectivity index is 2.49. The maximum absolute atomic E-state index is 13.0. The van der Waals surface area contributed by atoms with Crippen LogP contribution in [0.1, 0.15) is 52.4 Å². The molecule has 1 N–H and O–H groups in total. The summed E-state index contributed by atoms with van der Waals surface area (Å²) in [6, 6.07) is 5.30. The summed E-state index contributed by atoms with van der Waals surface area (Å²) >= 11 is 0. The van der Waals surface area contributed by atoms with E-state index in [-0.39, 0.29) is 18.9 Å². The number of benzene rings is 1. The molecule has 1 rings (SSSR count).